The van der Waals surface area contributed by atoms with Crippen molar-refractivity contribution in [3.8, 4) is 0 Å². The van der Waals surface area contributed by atoms with E-state index in [2.05, 4.69) is 20.8 Å². The van der Waals surface area contributed by atoms with Gasteiger partial charge in [0, 0.05) is 0 Å². The molecule has 1 atom stereocenters. The highest BCUT2D eigenvalue weighted by Crippen LogP contribution is 2.22. The van der Waals surface area contributed by atoms with Crippen LogP contribution in [0.4, 0.5) is 5.13 Å². The van der Waals surface area contributed by atoms with Gasteiger partial charge in [0.2, 0.25) is 11.0 Å². The van der Waals surface area contributed by atoms with Crippen molar-refractivity contribution in [3.05, 3.63) is 5.01 Å². The highest BCUT2D eigenvalue weighted by atomic mass is 32.1. The summed E-state index contributed by atoms with van der Waals surface area (Å²) in [6.45, 7) is 4.87. The van der Waals surface area contributed by atoms with Gasteiger partial charge in [-0.15, -0.1) is 10.2 Å². The van der Waals surface area contributed by atoms with Crippen molar-refractivity contribution in [2.75, 3.05) is 11.9 Å². The summed E-state index contributed by atoms with van der Waals surface area (Å²) in [6, 6.07) is 0. The number of nitrogens with zero attached hydrogens (tertiary/aromatic N) is 2. The molecular formula is C11H18N4OS. The van der Waals surface area contributed by atoms with Crippen molar-refractivity contribution in [3.63, 3.8) is 0 Å². The average molecular weight is 254 g/mol. The van der Waals surface area contributed by atoms with Crippen molar-refractivity contribution in [2.24, 2.45) is 0 Å². The molecule has 1 aromatic rings. The molecule has 5 nitrogen and oxygen atoms in total. The summed E-state index contributed by atoms with van der Waals surface area (Å²) < 4.78 is 0. The molecule has 6 heteroatoms. The van der Waals surface area contributed by atoms with Gasteiger partial charge in [0.05, 0.1) is 5.54 Å². The fourth-order valence-corrected chi connectivity index (χ4v) is 2.61. The molecule has 17 heavy (non-hydrogen) atoms. The summed E-state index contributed by atoms with van der Waals surface area (Å²) in [6.07, 6.45) is 3.95. The maximum atomic E-state index is 12.2. The van der Waals surface area contributed by atoms with E-state index in [1.807, 2.05) is 13.8 Å². The largest absolute Gasteiger partial charge is 0.304 e. The Morgan fingerprint density at radius 2 is 2.35 bits per heavy atom. The van der Waals surface area contributed by atoms with E-state index in [-0.39, 0.29) is 5.91 Å². The van der Waals surface area contributed by atoms with E-state index in [0.29, 0.717) is 5.13 Å². The van der Waals surface area contributed by atoms with Crippen LogP contribution in [0, 0.1) is 0 Å². The Morgan fingerprint density at radius 3 is 2.94 bits per heavy atom. The van der Waals surface area contributed by atoms with E-state index < -0.39 is 5.54 Å². The molecule has 0 bridgehead atoms. The van der Waals surface area contributed by atoms with Crippen LogP contribution in [-0.4, -0.2) is 28.2 Å². The van der Waals surface area contributed by atoms with Crippen molar-refractivity contribution in [2.45, 2.75) is 45.1 Å². The first-order chi connectivity index (χ1) is 8.14. The monoisotopic (exact) mass is 254 g/mol. The van der Waals surface area contributed by atoms with Crippen LogP contribution in [0.5, 0.6) is 0 Å². The number of carbonyl (C=O) groups excluding carboxylic acids is 1. The van der Waals surface area contributed by atoms with Crippen LogP contribution in [0.3, 0.4) is 0 Å². The molecule has 2 N–H and O–H groups in total. The van der Waals surface area contributed by atoms with Gasteiger partial charge in [-0.25, -0.2) is 0 Å². The normalized spacial score (nSPS) is 24.6. The minimum Gasteiger partial charge on any atom is -0.304 e. The van der Waals surface area contributed by atoms with Crippen LogP contribution in [0.15, 0.2) is 0 Å². The third-order valence-electron chi connectivity index (χ3n) is 3.11. The van der Waals surface area contributed by atoms with Gasteiger partial charge in [-0.2, -0.15) is 0 Å². The third-order valence-corrected chi connectivity index (χ3v) is 4.09. The van der Waals surface area contributed by atoms with Crippen LogP contribution in [-0.2, 0) is 11.2 Å². The number of carbonyl (C=O) groups is 1. The molecule has 0 aromatic carbocycles. The summed E-state index contributed by atoms with van der Waals surface area (Å²) in [4.78, 5) is 12.2. The lowest BCUT2D eigenvalue weighted by Gasteiger charge is -2.32. The lowest BCUT2D eigenvalue weighted by Crippen LogP contribution is -2.54. The number of amides is 1. The van der Waals surface area contributed by atoms with E-state index in [0.717, 1.165) is 37.2 Å². The quantitative estimate of drug-likeness (QED) is 0.859. The lowest BCUT2D eigenvalue weighted by atomic mass is 9.90. The van der Waals surface area contributed by atoms with Gasteiger partial charge < -0.3 is 5.32 Å². The molecule has 1 saturated heterocycles. The summed E-state index contributed by atoms with van der Waals surface area (Å²) in [5.41, 5.74) is -0.462. The van der Waals surface area contributed by atoms with Gasteiger partial charge in [-0.05, 0) is 39.2 Å². The number of anilines is 1. The van der Waals surface area contributed by atoms with Gasteiger partial charge in [0.25, 0.3) is 0 Å². The molecule has 1 amide bonds. The van der Waals surface area contributed by atoms with Crippen molar-refractivity contribution < 1.29 is 4.79 Å². The number of hydrogen-bond acceptors (Lipinski definition) is 5. The SMILES string of the molecule is CCc1nnc(NC(=O)C2(C)CCCCN2)s1. The molecule has 1 aromatic heterocycles. The minimum absolute atomic E-state index is 0.00370. The number of hydrogen-bond donors (Lipinski definition) is 2. The Hall–Kier alpha value is -1.01. The predicted molar refractivity (Wildman–Crippen MR) is 68.2 cm³/mol. The van der Waals surface area contributed by atoms with E-state index >= 15 is 0 Å². The maximum absolute atomic E-state index is 12.2. The van der Waals surface area contributed by atoms with E-state index in [1.165, 1.54) is 11.3 Å². The topological polar surface area (TPSA) is 66.9 Å². The maximum Gasteiger partial charge on any atom is 0.246 e. The summed E-state index contributed by atoms with van der Waals surface area (Å²) in [5.74, 6) is -0.00370. The molecule has 0 spiro atoms. The summed E-state index contributed by atoms with van der Waals surface area (Å²) in [7, 11) is 0. The van der Waals surface area contributed by atoms with Crippen LogP contribution in [0.2, 0.25) is 0 Å². The standard InChI is InChI=1S/C11H18N4OS/c1-3-8-14-15-10(17-8)13-9(16)11(2)6-4-5-7-12-11/h12H,3-7H2,1-2H3,(H,13,15,16). The average Bonchev–Trinajstić information content (AvgIpc) is 2.78. The first kappa shape index (κ1) is 12.4. The molecule has 1 aliphatic heterocycles. The number of aromatic nitrogens is 2. The molecule has 0 aliphatic carbocycles. The minimum atomic E-state index is -0.462. The van der Waals surface area contributed by atoms with E-state index in [1.54, 1.807) is 0 Å². The van der Waals surface area contributed by atoms with Crippen molar-refractivity contribution >= 4 is 22.4 Å². The Morgan fingerprint density at radius 1 is 1.53 bits per heavy atom. The second-order valence-corrected chi connectivity index (χ2v) is 5.59. The predicted octanol–water partition coefficient (Wildman–Crippen LogP) is 1.57. The molecule has 1 fully saturated rings. The number of piperidine rings is 1. The summed E-state index contributed by atoms with van der Waals surface area (Å²) >= 11 is 1.44. The third kappa shape index (κ3) is 2.81. The molecule has 1 aliphatic rings. The lowest BCUT2D eigenvalue weighted by molar-refractivity contribution is -0.122. The first-order valence-electron chi connectivity index (χ1n) is 6.03. The molecule has 1 unspecified atom stereocenters. The zero-order valence-electron chi connectivity index (χ0n) is 10.2. The van der Waals surface area contributed by atoms with Crippen LogP contribution >= 0.6 is 11.3 Å². The van der Waals surface area contributed by atoms with E-state index in [9.17, 15) is 4.79 Å². The number of nitrogens with one attached hydrogen (secondary N) is 2. The van der Waals surface area contributed by atoms with Crippen LogP contribution < -0.4 is 10.6 Å². The zero-order valence-corrected chi connectivity index (χ0v) is 11.1. The molecule has 0 radical (unpaired) electrons. The summed E-state index contributed by atoms with van der Waals surface area (Å²) in [5, 5.41) is 15.6. The van der Waals surface area contributed by atoms with E-state index in [4.69, 9.17) is 0 Å². The molecular weight excluding hydrogens is 236 g/mol. The Bertz CT molecular complexity index is 398. The molecule has 94 valence electrons. The van der Waals surface area contributed by atoms with Gasteiger partial charge >= 0.3 is 0 Å². The Balaban J connectivity index is 2.00. The fourth-order valence-electron chi connectivity index (χ4n) is 1.93. The molecule has 0 saturated carbocycles. The fraction of sp³-hybridized carbons (Fsp3) is 0.727. The van der Waals surface area contributed by atoms with Crippen LogP contribution in [0.25, 0.3) is 0 Å². The van der Waals surface area contributed by atoms with Gasteiger partial charge in [0.1, 0.15) is 5.01 Å². The van der Waals surface area contributed by atoms with Crippen molar-refractivity contribution in [1.29, 1.82) is 0 Å². The number of rotatable bonds is 3. The Kier molecular flexibility index (Phi) is 3.73. The Labute approximate surface area is 105 Å². The second kappa shape index (κ2) is 5.10. The number of aryl methyl sites for hydroxylation is 1. The van der Waals surface area contributed by atoms with Crippen LogP contribution in [0.1, 0.15) is 38.1 Å². The van der Waals surface area contributed by atoms with Crippen molar-refractivity contribution in [1.82, 2.24) is 15.5 Å². The highest BCUT2D eigenvalue weighted by Gasteiger charge is 2.34. The second-order valence-electron chi connectivity index (χ2n) is 4.52. The first-order valence-corrected chi connectivity index (χ1v) is 6.84. The molecule has 2 rings (SSSR count). The van der Waals surface area contributed by atoms with Gasteiger partial charge in [-0.3, -0.25) is 10.1 Å². The zero-order chi connectivity index (χ0) is 12.3. The molecule has 2 heterocycles. The van der Waals surface area contributed by atoms with Gasteiger partial charge in [0.15, 0.2) is 0 Å². The smallest absolute Gasteiger partial charge is 0.246 e. The van der Waals surface area contributed by atoms with Gasteiger partial charge in [-0.1, -0.05) is 18.3 Å². The highest BCUT2D eigenvalue weighted by molar-refractivity contribution is 7.15.